The minimum atomic E-state index is 0.484. The number of hydrogen-bond acceptors (Lipinski definition) is 0. The summed E-state index contributed by atoms with van der Waals surface area (Å²) in [5.41, 5.74) is 5.31. The molecule has 0 heterocycles. The fourth-order valence-electron chi connectivity index (χ4n) is 3.90. The van der Waals surface area contributed by atoms with E-state index < -0.39 is 0 Å². The van der Waals surface area contributed by atoms with E-state index in [0.29, 0.717) is 5.41 Å². The van der Waals surface area contributed by atoms with Gasteiger partial charge >= 0.3 is 0 Å². The zero-order valence-electron chi connectivity index (χ0n) is 10.0. The third-order valence-electron chi connectivity index (χ3n) is 5.02. The van der Waals surface area contributed by atoms with Gasteiger partial charge in [-0.25, -0.2) is 0 Å². The van der Waals surface area contributed by atoms with Crippen molar-refractivity contribution in [2.75, 3.05) is 0 Å². The van der Waals surface area contributed by atoms with Gasteiger partial charge < -0.3 is 0 Å². The van der Waals surface area contributed by atoms with Crippen molar-refractivity contribution in [2.45, 2.75) is 40.0 Å². The second-order valence-electron chi connectivity index (χ2n) is 5.80. The molecule has 0 aromatic rings. The van der Waals surface area contributed by atoms with Crippen LogP contribution in [0.3, 0.4) is 0 Å². The first-order chi connectivity index (χ1) is 7.11. The van der Waals surface area contributed by atoms with Crippen molar-refractivity contribution < 1.29 is 0 Å². The fourth-order valence-corrected chi connectivity index (χ4v) is 3.90. The predicted octanol–water partition coefficient (Wildman–Crippen LogP) is 4.26. The lowest BCUT2D eigenvalue weighted by molar-refractivity contribution is 0.321. The Hall–Kier alpha value is -0.780. The molecule has 0 heteroatoms. The molecule has 0 amide bonds. The van der Waals surface area contributed by atoms with Crippen LogP contribution in [0.25, 0.3) is 0 Å². The molecule has 0 spiro atoms. The molecule has 3 rings (SSSR count). The smallest absolute Gasteiger partial charge is 0.00389 e. The van der Waals surface area contributed by atoms with E-state index in [2.05, 4.69) is 39.0 Å². The predicted molar refractivity (Wildman–Crippen MR) is 64.5 cm³/mol. The third kappa shape index (κ3) is 1.14. The summed E-state index contributed by atoms with van der Waals surface area (Å²) in [5, 5.41) is 0. The van der Waals surface area contributed by atoms with Crippen LogP contribution >= 0.6 is 0 Å². The number of rotatable bonds is 1. The molecular weight excluding hydrogens is 180 g/mol. The molecule has 0 aromatic heterocycles. The Morgan fingerprint density at radius 1 is 1.27 bits per heavy atom. The van der Waals surface area contributed by atoms with Crippen molar-refractivity contribution in [3.05, 3.63) is 34.9 Å². The van der Waals surface area contributed by atoms with Gasteiger partial charge in [0.1, 0.15) is 0 Å². The fraction of sp³-hybridized carbons (Fsp3) is 0.600. The summed E-state index contributed by atoms with van der Waals surface area (Å²) in [6.07, 6.45) is 11.3. The average molecular weight is 200 g/mol. The molecule has 1 saturated carbocycles. The Morgan fingerprint density at radius 3 is 2.53 bits per heavy atom. The van der Waals surface area contributed by atoms with Crippen LogP contribution in [0.4, 0.5) is 0 Å². The largest absolute Gasteiger partial charge is 0.0851 e. The summed E-state index contributed by atoms with van der Waals surface area (Å²) in [6.45, 7) is 7.07. The first-order valence-corrected chi connectivity index (χ1v) is 6.17. The topological polar surface area (TPSA) is 0 Å². The second-order valence-corrected chi connectivity index (χ2v) is 5.80. The average Bonchev–Trinajstić information content (AvgIpc) is 2.83. The van der Waals surface area contributed by atoms with Gasteiger partial charge in [-0.05, 0) is 55.9 Å². The minimum absolute atomic E-state index is 0.484. The maximum atomic E-state index is 2.49. The van der Waals surface area contributed by atoms with E-state index in [1.165, 1.54) is 24.8 Å². The first-order valence-electron chi connectivity index (χ1n) is 6.17. The minimum Gasteiger partial charge on any atom is -0.0851 e. The summed E-state index contributed by atoms with van der Waals surface area (Å²) in [6, 6.07) is 0. The highest BCUT2D eigenvalue weighted by molar-refractivity contribution is 5.44. The van der Waals surface area contributed by atoms with Crippen LogP contribution in [0.1, 0.15) is 40.0 Å². The third-order valence-corrected chi connectivity index (χ3v) is 5.02. The zero-order valence-corrected chi connectivity index (χ0v) is 10.0. The van der Waals surface area contributed by atoms with E-state index in [0.717, 1.165) is 11.8 Å². The quantitative estimate of drug-likeness (QED) is 0.555. The molecule has 0 radical (unpaired) electrons. The van der Waals surface area contributed by atoms with E-state index in [4.69, 9.17) is 0 Å². The molecule has 80 valence electrons. The lowest BCUT2D eigenvalue weighted by Crippen LogP contribution is -2.24. The molecule has 2 bridgehead atoms. The van der Waals surface area contributed by atoms with Crippen molar-refractivity contribution in [1.82, 2.24) is 0 Å². The highest BCUT2D eigenvalue weighted by Crippen LogP contribution is 2.58. The lowest BCUT2D eigenvalue weighted by Gasteiger charge is -2.34. The number of allylic oxidation sites excluding steroid dienone is 6. The van der Waals surface area contributed by atoms with Gasteiger partial charge in [0, 0.05) is 0 Å². The van der Waals surface area contributed by atoms with Crippen LogP contribution in [-0.4, -0.2) is 0 Å². The second kappa shape index (κ2) is 2.87. The molecule has 3 unspecified atom stereocenters. The SMILES string of the molecule is CC1=CCC(C2(C)CC3C=CC2C3)=C1C. The van der Waals surface area contributed by atoms with Crippen molar-refractivity contribution in [3.63, 3.8) is 0 Å². The van der Waals surface area contributed by atoms with Gasteiger partial charge in [0.05, 0.1) is 0 Å². The molecular formula is C15H20. The molecule has 0 nitrogen and oxygen atoms in total. The van der Waals surface area contributed by atoms with Gasteiger partial charge in [0.25, 0.3) is 0 Å². The summed E-state index contributed by atoms with van der Waals surface area (Å²) in [5.74, 6) is 1.70. The Bertz CT molecular complexity index is 394. The molecule has 0 aromatic carbocycles. The molecule has 15 heavy (non-hydrogen) atoms. The summed E-state index contributed by atoms with van der Waals surface area (Å²) in [4.78, 5) is 0. The van der Waals surface area contributed by atoms with Crippen LogP contribution in [0, 0.1) is 17.3 Å². The van der Waals surface area contributed by atoms with Gasteiger partial charge in [0.15, 0.2) is 0 Å². The van der Waals surface area contributed by atoms with Gasteiger partial charge in [0.2, 0.25) is 0 Å². The first kappa shape index (κ1) is 9.45. The van der Waals surface area contributed by atoms with Crippen molar-refractivity contribution in [2.24, 2.45) is 17.3 Å². The van der Waals surface area contributed by atoms with E-state index in [9.17, 15) is 0 Å². The van der Waals surface area contributed by atoms with Crippen molar-refractivity contribution in [1.29, 1.82) is 0 Å². The van der Waals surface area contributed by atoms with Crippen LogP contribution in [0.15, 0.2) is 34.9 Å². The summed E-state index contributed by atoms with van der Waals surface area (Å²) in [7, 11) is 0. The number of hydrogen-bond donors (Lipinski definition) is 0. The van der Waals surface area contributed by atoms with Crippen LogP contribution in [0.2, 0.25) is 0 Å². The monoisotopic (exact) mass is 200 g/mol. The molecule has 3 atom stereocenters. The van der Waals surface area contributed by atoms with Gasteiger partial charge in [-0.3, -0.25) is 0 Å². The van der Waals surface area contributed by atoms with Crippen LogP contribution in [-0.2, 0) is 0 Å². The highest BCUT2D eigenvalue weighted by Gasteiger charge is 2.47. The van der Waals surface area contributed by atoms with E-state index in [1.807, 2.05) is 0 Å². The van der Waals surface area contributed by atoms with E-state index >= 15 is 0 Å². The van der Waals surface area contributed by atoms with Crippen molar-refractivity contribution >= 4 is 0 Å². The maximum Gasteiger partial charge on any atom is -0.00389 e. The molecule has 0 aliphatic heterocycles. The zero-order chi connectivity index (χ0) is 10.6. The Kier molecular flexibility index (Phi) is 1.81. The van der Waals surface area contributed by atoms with Gasteiger partial charge in [-0.1, -0.05) is 36.3 Å². The highest BCUT2D eigenvalue weighted by atomic mass is 14.5. The lowest BCUT2D eigenvalue weighted by atomic mass is 9.70. The van der Waals surface area contributed by atoms with Gasteiger partial charge in [-0.2, -0.15) is 0 Å². The molecule has 0 N–H and O–H groups in total. The Morgan fingerprint density at radius 2 is 2.07 bits per heavy atom. The Balaban J connectivity index is 1.99. The molecule has 0 saturated heterocycles. The number of fused-ring (bicyclic) bond motifs is 2. The summed E-state index contributed by atoms with van der Waals surface area (Å²) < 4.78 is 0. The molecule has 1 fully saturated rings. The van der Waals surface area contributed by atoms with E-state index in [1.54, 1.807) is 11.1 Å². The normalized spacial score (nSPS) is 43.0. The molecule has 3 aliphatic rings. The maximum absolute atomic E-state index is 2.49. The van der Waals surface area contributed by atoms with Crippen LogP contribution in [0.5, 0.6) is 0 Å². The van der Waals surface area contributed by atoms with E-state index in [-0.39, 0.29) is 0 Å². The molecule has 3 aliphatic carbocycles. The van der Waals surface area contributed by atoms with Gasteiger partial charge in [-0.15, -0.1) is 0 Å². The Labute approximate surface area is 92.8 Å². The standard InChI is InChI=1S/C15H20/c1-10-4-7-14(11(10)2)15(3)9-12-5-6-13(15)8-12/h4-6,12-13H,7-9H2,1-3H3. The summed E-state index contributed by atoms with van der Waals surface area (Å²) >= 11 is 0. The van der Waals surface area contributed by atoms with Crippen molar-refractivity contribution in [3.8, 4) is 0 Å². The van der Waals surface area contributed by atoms with Crippen LogP contribution < -0.4 is 0 Å².